The van der Waals surface area contributed by atoms with E-state index in [1.165, 1.54) is 19.2 Å². The summed E-state index contributed by atoms with van der Waals surface area (Å²) >= 11 is 0. The van der Waals surface area contributed by atoms with Crippen LogP contribution in [0.5, 0.6) is 0 Å². The lowest BCUT2D eigenvalue weighted by Crippen LogP contribution is -2.16. The summed E-state index contributed by atoms with van der Waals surface area (Å²) in [5.41, 5.74) is 0.626. The van der Waals surface area contributed by atoms with E-state index in [0.29, 0.717) is 5.69 Å². The predicted octanol–water partition coefficient (Wildman–Crippen LogP) is 4.42. The van der Waals surface area contributed by atoms with Gasteiger partial charge < -0.3 is 10.1 Å². The van der Waals surface area contributed by atoms with Gasteiger partial charge in [-0.05, 0) is 29.8 Å². The summed E-state index contributed by atoms with van der Waals surface area (Å²) in [6, 6.07) is 13.5. The highest BCUT2D eigenvalue weighted by atomic mass is 19.4. The molecular weight excluding hydrogens is 307 g/mol. The first-order chi connectivity index (χ1) is 10.9. The smallest absolute Gasteiger partial charge is 0.416 e. The highest BCUT2D eigenvalue weighted by Gasteiger charge is 2.30. The van der Waals surface area contributed by atoms with Gasteiger partial charge in [0.25, 0.3) is 0 Å². The first-order valence-corrected chi connectivity index (χ1v) is 6.95. The van der Waals surface area contributed by atoms with Crippen LogP contribution in [0.1, 0.15) is 23.6 Å². The van der Waals surface area contributed by atoms with Crippen LogP contribution in [0.2, 0.25) is 0 Å². The fourth-order valence-electron chi connectivity index (χ4n) is 2.14. The molecule has 122 valence electrons. The summed E-state index contributed by atoms with van der Waals surface area (Å²) in [6.45, 7) is 0. The molecule has 1 N–H and O–H groups in total. The lowest BCUT2D eigenvalue weighted by atomic mass is 10.0. The van der Waals surface area contributed by atoms with Crippen LogP contribution < -0.4 is 5.32 Å². The summed E-state index contributed by atoms with van der Waals surface area (Å²) in [4.78, 5) is 11.6. The van der Waals surface area contributed by atoms with Gasteiger partial charge in [0.1, 0.15) is 0 Å². The molecule has 2 rings (SSSR count). The maximum absolute atomic E-state index is 12.6. The van der Waals surface area contributed by atoms with Crippen molar-refractivity contribution in [1.29, 1.82) is 0 Å². The van der Waals surface area contributed by atoms with Crippen LogP contribution in [0, 0.1) is 0 Å². The number of halogens is 3. The van der Waals surface area contributed by atoms with Gasteiger partial charge in [0.15, 0.2) is 0 Å². The Bertz CT molecular complexity index is 639. The number of carbonyl (C=O) groups excluding carboxylic acids is 1. The third kappa shape index (κ3) is 4.74. The molecule has 0 aliphatic rings. The second-order valence-electron chi connectivity index (χ2n) is 4.96. The molecule has 6 heteroatoms. The molecule has 0 heterocycles. The summed E-state index contributed by atoms with van der Waals surface area (Å²) in [5, 5.41) is 3.07. The Morgan fingerprint density at radius 2 is 1.70 bits per heavy atom. The third-order valence-electron chi connectivity index (χ3n) is 3.35. The normalized spacial score (nSPS) is 12.5. The van der Waals surface area contributed by atoms with Gasteiger partial charge in [-0.15, -0.1) is 0 Å². The largest absolute Gasteiger partial charge is 0.469 e. The lowest BCUT2D eigenvalue weighted by molar-refractivity contribution is -0.141. The Kier molecular flexibility index (Phi) is 5.26. The van der Waals surface area contributed by atoms with Crippen LogP contribution in [-0.4, -0.2) is 13.1 Å². The summed E-state index contributed by atoms with van der Waals surface area (Å²) in [7, 11) is 1.29. The van der Waals surface area contributed by atoms with Crippen molar-refractivity contribution in [3.05, 3.63) is 65.7 Å². The van der Waals surface area contributed by atoms with E-state index in [9.17, 15) is 18.0 Å². The van der Waals surface area contributed by atoms with E-state index >= 15 is 0 Å². The van der Waals surface area contributed by atoms with E-state index in [-0.39, 0.29) is 12.5 Å². The molecule has 0 amide bonds. The van der Waals surface area contributed by atoms with Gasteiger partial charge in [0.2, 0.25) is 0 Å². The Hall–Kier alpha value is -2.50. The number of hydrogen-bond acceptors (Lipinski definition) is 3. The zero-order valence-electron chi connectivity index (χ0n) is 12.4. The van der Waals surface area contributed by atoms with Crippen LogP contribution in [0.3, 0.4) is 0 Å². The zero-order valence-corrected chi connectivity index (χ0v) is 12.4. The number of ether oxygens (including phenoxy) is 1. The second-order valence-corrected chi connectivity index (χ2v) is 4.96. The number of esters is 1. The summed E-state index contributed by atoms with van der Waals surface area (Å²) in [5.74, 6) is -0.404. The maximum Gasteiger partial charge on any atom is 0.416 e. The van der Waals surface area contributed by atoms with Crippen molar-refractivity contribution in [2.24, 2.45) is 0 Å². The molecule has 0 aliphatic carbocycles. The molecule has 0 radical (unpaired) electrons. The first kappa shape index (κ1) is 16.9. The van der Waals surface area contributed by atoms with E-state index in [4.69, 9.17) is 0 Å². The standard InChI is InChI=1S/C17H16F3NO2/c1-23-16(22)11-15(12-5-3-2-4-6-12)21-14-9-7-13(8-10-14)17(18,19)20/h2-10,15,21H,11H2,1H3. The van der Waals surface area contributed by atoms with E-state index in [1.54, 1.807) is 0 Å². The number of methoxy groups -OCH3 is 1. The van der Waals surface area contributed by atoms with Crippen molar-refractivity contribution in [3.8, 4) is 0 Å². The molecule has 0 saturated heterocycles. The monoisotopic (exact) mass is 323 g/mol. The molecule has 0 bridgehead atoms. The first-order valence-electron chi connectivity index (χ1n) is 6.95. The van der Waals surface area contributed by atoms with Crippen molar-refractivity contribution in [2.45, 2.75) is 18.6 Å². The number of benzene rings is 2. The molecular formula is C17H16F3NO2. The SMILES string of the molecule is COC(=O)CC(Nc1ccc(C(F)(F)F)cc1)c1ccccc1. The van der Waals surface area contributed by atoms with E-state index in [0.717, 1.165) is 17.7 Å². The number of carbonyl (C=O) groups is 1. The van der Waals surface area contributed by atoms with Gasteiger partial charge in [-0.25, -0.2) is 0 Å². The van der Waals surface area contributed by atoms with Gasteiger partial charge in [-0.3, -0.25) is 4.79 Å². The van der Waals surface area contributed by atoms with E-state index in [2.05, 4.69) is 10.1 Å². The van der Waals surface area contributed by atoms with Gasteiger partial charge >= 0.3 is 12.1 Å². The second kappa shape index (κ2) is 7.17. The molecule has 0 aromatic heterocycles. The quantitative estimate of drug-likeness (QED) is 0.828. The third-order valence-corrected chi connectivity index (χ3v) is 3.35. The minimum absolute atomic E-state index is 0.0710. The van der Waals surface area contributed by atoms with Crippen molar-refractivity contribution in [1.82, 2.24) is 0 Å². The number of rotatable bonds is 5. The highest BCUT2D eigenvalue weighted by Crippen LogP contribution is 2.31. The molecule has 2 aromatic carbocycles. The number of hydrogen-bond donors (Lipinski definition) is 1. The fourth-order valence-corrected chi connectivity index (χ4v) is 2.14. The molecule has 0 saturated carbocycles. The van der Waals surface area contributed by atoms with Crippen LogP contribution in [0.4, 0.5) is 18.9 Å². The summed E-state index contributed by atoms with van der Waals surface area (Å²) in [6.07, 6.45) is -4.30. The van der Waals surface area contributed by atoms with E-state index in [1.807, 2.05) is 30.3 Å². The number of anilines is 1. The predicted molar refractivity (Wildman–Crippen MR) is 80.9 cm³/mol. The van der Waals surface area contributed by atoms with Crippen LogP contribution in [-0.2, 0) is 15.7 Å². The molecule has 1 unspecified atom stereocenters. The van der Waals surface area contributed by atoms with Crippen LogP contribution in [0.25, 0.3) is 0 Å². The topological polar surface area (TPSA) is 38.3 Å². The van der Waals surface area contributed by atoms with Gasteiger partial charge in [-0.2, -0.15) is 13.2 Å². The van der Waals surface area contributed by atoms with Crippen molar-refractivity contribution in [2.75, 3.05) is 12.4 Å². The van der Waals surface area contributed by atoms with Gasteiger partial charge in [0.05, 0.1) is 25.1 Å². The van der Waals surface area contributed by atoms with Crippen molar-refractivity contribution >= 4 is 11.7 Å². The molecule has 2 aromatic rings. The Morgan fingerprint density at radius 1 is 1.09 bits per heavy atom. The molecule has 3 nitrogen and oxygen atoms in total. The molecule has 0 spiro atoms. The average molecular weight is 323 g/mol. The minimum Gasteiger partial charge on any atom is -0.469 e. The maximum atomic E-state index is 12.6. The lowest BCUT2D eigenvalue weighted by Gasteiger charge is -2.20. The number of nitrogens with one attached hydrogen (secondary N) is 1. The molecule has 23 heavy (non-hydrogen) atoms. The van der Waals surface area contributed by atoms with Crippen molar-refractivity contribution < 1.29 is 22.7 Å². The van der Waals surface area contributed by atoms with Crippen LogP contribution in [0.15, 0.2) is 54.6 Å². The average Bonchev–Trinajstić information content (AvgIpc) is 2.54. The summed E-state index contributed by atoms with van der Waals surface area (Å²) < 4.78 is 42.4. The van der Waals surface area contributed by atoms with Gasteiger partial charge in [-0.1, -0.05) is 30.3 Å². The Labute approximate surface area is 132 Å². The number of alkyl halides is 3. The Morgan fingerprint density at radius 3 is 2.22 bits per heavy atom. The fraction of sp³-hybridized carbons (Fsp3) is 0.235. The van der Waals surface area contributed by atoms with Gasteiger partial charge in [0, 0.05) is 5.69 Å². The molecule has 0 fully saturated rings. The van der Waals surface area contributed by atoms with E-state index < -0.39 is 17.7 Å². The molecule has 0 aliphatic heterocycles. The minimum atomic E-state index is -4.37. The van der Waals surface area contributed by atoms with Crippen molar-refractivity contribution in [3.63, 3.8) is 0 Å². The highest BCUT2D eigenvalue weighted by molar-refractivity contribution is 5.71. The zero-order chi connectivity index (χ0) is 16.9. The molecule has 1 atom stereocenters. The van der Waals surface area contributed by atoms with Crippen LogP contribution >= 0.6 is 0 Å². The Balaban J connectivity index is 2.19.